The number of anilines is 2. The third-order valence-corrected chi connectivity index (χ3v) is 8.07. The second-order valence-corrected chi connectivity index (χ2v) is 11.3. The fourth-order valence-corrected chi connectivity index (χ4v) is 5.13. The Labute approximate surface area is 269 Å². The van der Waals surface area contributed by atoms with Crippen LogP contribution in [0.25, 0.3) is 10.9 Å². The molecule has 1 aliphatic rings. The number of pyridine rings is 1. The lowest BCUT2D eigenvalue weighted by atomic mass is 10.0. The molecule has 1 fully saturated rings. The Kier molecular flexibility index (Phi) is 10.2. The minimum atomic E-state index is -1.26. The number of carboxylic acid groups (broad SMARTS) is 1. The van der Waals surface area contributed by atoms with Gasteiger partial charge in [0.25, 0.3) is 0 Å². The first-order valence-corrected chi connectivity index (χ1v) is 15.2. The van der Waals surface area contributed by atoms with Crippen molar-refractivity contribution in [2.45, 2.75) is 44.9 Å². The Bertz CT molecular complexity index is 1750. The molecule has 0 aliphatic heterocycles. The van der Waals surface area contributed by atoms with Gasteiger partial charge in [-0.2, -0.15) is 0 Å². The minimum absolute atomic E-state index is 0.144. The number of nitrogens with zero attached hydrogens (tertiary/aromatic N) is 1. The number of unbranched alkanes of at least 4 members (excludes halogenated alkanes) is 3. The van der Waals surface area contributed by atoms with E-state index in [0.29, 0.717) is 59.7 Å². The number of aliphatic carboxylic acids is 1. The second-order valence-electron chi connectivity index (χ2n) is 11.0. The van der Waals surface area contributed by atoms with Crippen molar-refractivity contribution in [2.75, 3.05) is 24.4 Å². The smallest absolute Gasteiger partial charge is 0.303 e. The van der Waals surface area contributed by atoms with E-state index in [2.05, 4.69) is 15.6 Å². The number of ether oxygens (including phenoxy) is 3. The van der Waals surface area contributed by atoms with Crippen LogP contribution >= 0.6 is 11.6 Å². The summed E-state index contributed by atoms with van der Waals surface area (Å²) in [6.07, 6.45) is 5.55. The van der Waals surface area contributed by atoms with Crippen molar-refractivity contribution in [2.24, 2.45) is 5.41 Å². The van der Waals surface area contributed by atoms with Gasteiger partial charge in [-0.05, 0) is 74.2 Å². The maximum atomic E-state index is 13.3. The number of methoxy groups -OCH3 is 1. The van der Waals surface area contributed by atoms with Crippen LogP contribution in [0.1, 0.15) is 44.9 Å². The van der Waals surface area contributed by atoms with Gasteiger partial charge in [0, 0.05) is 29.8 Å². The van der Waals surface area contributed by atoms with E-state index in [9.17, 15) is 18.8 Å². The Balaban J connectivity index is 1.26. The Morgan fingerprint density at radius 3 is 2.37 bits per heavy atom. The van der Waals surface area contributed by atoms with Crippen molar-refractivity contribution in [3.8, 4) is 23.0 Å². The number of fused-ring (bicyclic) bond motifs is 1. The molecule has 5 rings (SSSR count). The van der Waals surface area contributed by atoms with Gasteiger partial charge < -0.3 is 30.0 Å². The van der Waals surface area contributed by atoms with Crippen LogP contribution in [0.15, 0.2) is 66.9 Å². The van der Waals surface area contributed by atoms with Crippen molar-refractivity contribution in [3.63, 3.8) is 0 Å². The number of carbonyl (C=O) groups is 3. The highest BCUT2D eigenvalue weighted by atomic mass is 35.5. The summed E-state index contributed by atoms with van der Waals surface area (Å²) >= 11 is 6.69. The number of hydrogen-bond donors (Lipinski definition) is 3. The Hall–Kier alpha value is -4.90. The van der Waals surface area contributed by atoms with E-state index < -0.39 is 29.0 Å². The molecule has 0 bridgehead atoms. The SMILES string of the molecule is COc1cc2c(Oc3cccc(NC(=O)C4(C(=O)Nc5ccc(F)cc5)CC4)c3Cl)ccnc2cc1OCCCCCCC(=O)O. The van der Waals surface area contributed by atoms with E-state index in [1.54, 1.807) is 42.6 Å². The van der Waals surface area contributed by atoms with Crippen LogP contribution in [-0.2, 0) is 14.4 Å². The fraction of sp³-hybridized carbons (Fsp3) is 0.294. The van der Waals surface area contributed by atoms with E-state index >= 15 is 0 Å². The Morgan fingerprint density at radius 2 is 1.65 bits per heavy atom. The molecule has 46 heavy (non-hydrogen) atoms. The van der Waals surface area contributed by atoms with Crippen molar-refractivity contribution in [3.05, 3.63) is 77.7 Å². The van der Waals surface area contributed by atoms with Crippen molar-refractivity contribution < 1.29 is 38.1 Å². The number of carbonyl (C=O) groups excluding carboxylic acids is 2. The molecule has 3 aromatic carbocycles. The molecule has 3 N–H and O–H groups in total. The standard InChI is InChI=1S/C34H33ClFN3O7/c1-44-28-19-23-25(20-29(28)45-18-5-3-2-4-9-30(40)41)37-17-14-26(23)46-27-8-6-7-24(31(27)35)39-33(43)34(15-16-34)32(42)38-22-12-10-21(36)11-13-22/h6-8,10-14,17,19-20H,2-5,9,15-16,18H2,1H3,(H,38,42)(H,39,43)(H,40,41). The quantitative estimate of drug-likeness (QED) is 0.0885. The molecule has 0 unspecified atom stereocenters. The first-order valence-electron chi connectivity index (χ1n) is 14.9. The summed E-state index contributed by atoms with van der Waals surface area (Å²) in [6.45, 7) is 0.439. The number of amides is 2. The van der Waals surface area contributed by atoms with E-state index in [1.807, 2.05) is 0 Å². The molecule has 4 aromatic rings. The highest BCUT2D eigenvalue weighted by molar-refractivity contribution is 6.35. The van der Waals surface area contributed by atoms with Gasteiger partial charge in [-0.25, -0.2) is 4.39 Å². The zero-order valence-corrected chi connectivity index (χ0v) is 25.9. The number of nitrogens with one attached hydrogen (secondary N) is 2. The van der Waals surface area contributed by atoms with Crippen LogP contribution in [0.4, 0.5) is 15.8 Å². The summed E-state index contributed by atoms with van der Waals surface area (Å²) in [7, 11) is 1.53. The van der Waals surface area contributed by atoms with Gasteiger partial charge in [-0.3, -0.25) is 19.4 Å². The highest BCUT2D eigenvalue weighted by Crippen LogP contribution is 2.48. The maximum Gasteiger partial charge on any atom is 0.303 e. The van der Waals surface area contributed by atoms with E-state index in [-0.39, 0.29) is 22.9 Å². The number of carboxylic acids is 1. The van der Waals surface area contributed by atoms with Crippen LogP contribution in [0.5, 0.6) is 23.0 Å². The molecule has 0 spiro atoms. The molecule has 240 valence electrons. The summed E-state index contributed by atoms with van der Waals surface area (Å²) in [6, 6.07) is 15.5. The highest BCUT2D eigenvalue weighted by Gasteiger charge is 2.56. The monoisotopic (exact) mass is 649 g/mol. The largest absolute Gasteiger partial charge is 0.493 e. The molecule has 0 radical (unpaired) electrons. The topological polar surface area (TPSA) is 136 Å². The van der Waals surface area contributed by atoms with Crippen molar-refractivity contribution in [1.29, 1.82) is 0 Å². The van der Waals surface area contributed by atoms with Gasteiger partial charge in [-0.15, -0.1) is 0 Å². The predicted octanol–water partition coefficient (Wildman–Crippen LogP) is 7.60. The Morgan fingerprint density at radius 1 is 0.913 bits per heavy atom. The lowest BCUT2D eigenvalue weighted by Gasteiger charge is -2.18. The van der Waals surface area contributed by atoms with Crippen molar-refractivity contribution >= 4 is 51.7 Å². The van der Waals surface area contributed by atoms with Gasteiger partial charge in [0.2, 0.25) is 11.8 Å². The first kappa shape index (κ1) is 32.5. The summed E-state index contributed by atoms with van der Waals surface area (Å²) in [5.74, 6) is -0.480. The number of hydrogen-bond acceptors (Lipinski definition) is 7. The molecule has 1 heterocycles. The van der Waals surface area contributed by atoms with E-state index in [4.69, 9.17) is 30.9 Å². The van der Waals surface area contributed by atoms with Crippen molar-refractivity contribution in [1.82, 2.24) is 4.98 Å². The summed E-state index contributed by atoms with van der Waals surface area (Å²) in [5.41, 5.74) is 0.00794. The van der Waals surface area contributed by atoms with E-state index in [0.717, 1.165) is 19.3 Å². The first-order chi connectivity index (χ1) is 22.2. The molecular weight excluding hydrogens is 617 g/mol. The maximum absolute atomic E-state index is 13.3. The number of aromatic nitrogens is 1. The number of rotatable bonds is 15. The predicted molar refractivity (Wildman–Crippen MR) is 171 cm³/mol. The van der Waals surface area contributed by atoms with Gasteiger partial charge >= 0.3 is 5.97 Å². The lowest BCUT2D eigenvalue weighted by molar-refractivity contribution is -0.137. The normalized spacial score (nSPS) is 13.1. The van der Waals surface area contributed by atoms with Gasteiger partial charge in [0.05, 0.1) is 24.9 Å². The van der Waals surface area contributed by atoms with Gasteiger partial charge in [0.15, 0.2) is 11.5 Å². The summed E-state index contributed by atoms with van der Waals surface area (Å²) in [4.78, 5) is 41.3. The molecule has 12 heteroatoms. The zero-order chi connectivity index (χ0) is 32.7. The van der Waals surface area contributed by atoms with Crippen LogP contribution in [0.3, 0.4) is 0 Å². The molecule has 1 saturated carbocycles. The lowest BCUT2D eigenvalue weighted by Crippen LogP contribution is -2.35. The minimum Gasteiger partial charge on any atom is -0.493 e. The van der Waals surface area contributed by atoms with Gasteiger partial charge in [-0.1, -0.05) is 30.5 Å². The molecule has 1 aromatic heterocycles. The molecule has 0 atom stereocenters. The third-order valence-electron chi connectivity index (χ3n) is 7.68. The van der Waals surface area contributed by atoms with Crippen LogP contribution < -0.4 is 24.8 Å². The third kappa shape index (κ3) is 7.66. The molecule has 1 aliphatic carbocycles. The molecular formula is C34H33ClFN3O7. The molecule has 0 saturated heterocycles. The average molecular weight is 650 g/mol. The fourth-order valence-electron chi connectivity index (χ4n) is 4.92. The van der Waals surface area contributed by atoms with E-state index in [1.165, 1.54) is 31.4 Å². The zero-order valence-electron chi connectivity index (χ0n) is 25.1. The van der Waals surface area contributed by atoms with Crippen LogP contribution in [0.2, 0.25) is 5.02 Å². The molecule has 2 amide bonds. The van der Waals surface area contributed by atoms with Crippen LogP contribution in [-0.4, -0.2) is 41.6 Å². The number of halogens is 2. The molecule has 10 nitrogen and oxygen atoms in total. The van der Waals surface area contributed by atoms with Crippen LogP contribution in [0, 0.1) is 11.2 Å². The van der Waals surface area contributed by atoms with Gasteiger partial charge in [0.1, 0.15) is 27.8 Å². The number of benzene rings is 3. The summed E-state index contributed by atoms with van der Waals surface area (Å²) in [5, 5.41) is 15.0. The summed E-state index contributed by atoms with van der Waals surface area (Å²) < 4.78 is 31.0. The average Bonchev–Trinajstić information content (AvgIpc) is 3.86. The second kappa shape index (κ2) is 14.5.